The van der Waals surface area contributed by atoms with E-state index in [1.165, 1.54) is 12.7 Å². The summed E-state index contributed by atoms with van der Waals surface area (Å²) in [4.78, 5) is 24.7. The lowest BCUT2D eigenvalue weighted by Gasteiger charge is -2.32. The first-order valence-corrected chi connectivity index (χ1v) is 8.25. The fraction of sp³-hybridized carbons (Fsp3) is 0.556. The van der Waals surface area contributed by atoms with E-state index in [4.69, 9.17) is 4.74 Å². The maximum Gasteiger partial charge on any atom is 0.337 e. The van der Waals surface area contributed by atoms with Crippen molar-refractivity contribution in [1.29, 1.82) is 0 Å². The number of ether oxygens (including phenoxy) is 1. The first kappa shape index (κ1) is 17.5. The molecule has 23 heavy (non-hydrogen) atoms. The quantitative estimate of drug-likeness (QED) is 0.645. The minimum atomic E-state index is -0.287. The molecule has 1 aliphatic heterocycles. The predicted octanol–water partition coefficient (Wildman–Crippen LogP) is 2.18. The van der Waals surface area contributed by atoms with Gasteiger partial charge in [-0.1, -0.05) is 12.1 Å². The minimum Gasteiger partial charge on any atom is -0.465 e. The molecule has 0 aromatic heterocycles. The Labute approximate surface area is 138 Å². The van der Waals surface area contributed by atoms with Crippen molar-refractivity contribution in [2.24, 2.45) is 0 Å². The number of hydrogen-bond donors (Lipinski definition) is 1. The van der Waals surface area contributed by atoms with Crippen molar-refractivity contribution in [3.63, 3.8) is 0 Å². The van der Waals surface area contributed by atoms with Crippen molar-refractivity contribution in [2.75, 3.05) is 33.3 Å². The third-order valence-electron chi connectivity index (χ3n) is 4.42. The summed E-state index contributed by atoms with van der Waals surface area (Å²) in [6.07, 6.45) is 3.27. The van der Waals surface area contributed by atoms with Crippen LogP contribution in [0.2, 0.25) is 0 Å². The fourth-order valence-electron chi connectivity index (χ4n) is 3.07. The number of benzene rings is 1. The van der Waals surface area contributed by atoms with Crippen molar-refractivity contribution >= 4 is 11.9 Å². The second-order valence-electron chi connectivity index (χ2n) is 6.07. The van der Waals surface area contributed by atoms with Crippen LogP contribution in [0.5, 0.6) is 0 Å². The highest BCUT2D eigenvalue weighted by molar-refractivity contribution is 5.89. The molecule has 5 heteroatoms. The molecule has 5 nitrogen and oxygen atoms in total. The number of carbonyl (C=O) groups excluding carboxylic acids is 2. The van der Waals surface area contributed by atoms with E-state index in [-0.39, 0.29) is 11.9 Å². The predicted molar refractivity (Wildman–Crippen MR) is 89.5 cm³/mol. The molecule has 1 aromatic carbocycles. The van der Waals surface area contributed by atoms with Crippen LogP contribution in [0, 0.1) is 0 Å². The molecule has 0 unspecified atom stereocenters. The van der Waals surface area contributed by atoms with Crippen LogP contribution in [0.1, 0.15) is 48.0 Å². The van der Waals surface area contributed by atoms with Crippen LogP contribution < -0.4 is 5.32 Å². The van der Waals surface area contributed by atoms with Gasteiger partial charge in [0.15, 0.2) is 0 Å². The molecule has 0 bridgehead atoms. The van der Waals surface area contributed by atoms with E-state index in [0.717, 1.165) is 45.4 Å². The molecular weight excluding hydrogens is 292 g/mol. The molecule has 0 spiro atoms. The Hall–Kier alpha value is -1.88. The van der Waals surface area contributed by atoms with Gasteiger partial charge in [-0.3, -0.25) is 4.79 Å². The molecular formula is C18H26N2O3. The van der Waals surface area contributed by atoms with E-state index < -0.39 is 0 Å². The van der Waals surface area contributed by atoms with E-state index >= 15 is 0 Å². The van der Waals surface area contributed by atoms with Gasteiger partial charge in [0.05, 0.1) is 12.7 Å². The zero-order valence-corrected chi connectivity index (χ0v) is 14.0. The number of likely N-dealkylation sites (tertiary alicyclic amines) is 1. The van der Waals surface area contributed by atoms with Crippen LogP contribution in [0.25, 0.3) is 0 Å². The summed E-state index contributed by atoms with van der Waals surface area (Å²) in [5.74, 6) is 0.318. The molecule has 1 fully saturated rings. The Balaban J connectivity index is 1.75. The van der Waals surface area contributed by atoms with Crippen molar-refractivity contribution < 1.29 is 14.3 Å². The van der Waals surface area contributed by atoms with Crippen LogP contribution in [-0.2, 0) is 9.53 Å². The van der Waals surface area contributed by atoms with Crippen LogP contribution in [0.3, 0.4) is 0 Å². The van der Waals surface area contributed by atoms with Crippen LogP contribution in [-0.4, -0.2) is 50.1 Å². The van der Waals surface area contributed by atoms with Gasteiger partial charge in [-0.05, 0) is 62.5 Å². The summed E-state index contributed by atoms with van der Waals surface area (Å²) < 4.78 is 4.73. The largest absolute Gasteiger partial charge is 0.465 e. The smallest absolute Gasteiger partial charge is 0.337 e. The van der Waals surface area contributed by atoms with Crippen LogP contribution >= 0.6 is 0 Å². The zero-order valence-electron chi connectivity index (χ0n) is 14.0. The molecule has 1 aliphatic rings. The standard InChI is InChI=1S/C18H26N2O3/c1-14(21)19-10-3-11-20-12-8-16(9-13-20)15-4-6-17(7-5-15)18(22)23-2/h4-7,16H,3,8-13H2,1-2H3,(H,19,21). The summed E-state index contributed by atoms with van der Waals surface area (Å²) in [5.41, 5.74) is 1.90. The number of nitrogens with zero attached hydrogens (tertiary/aromatic N) is 1. The van der Waals surface area contributed by atoms with Gasteiger partial charge < -0.3 is 15.0 Å². The second-order valence-corrected chi connectivity index (χ2v) is 6.07. The summed E-state index contributed by atoms with van der Waals surface area (Å²) in [6, 6.07) is 7.79. The molecule has 126 valence electrons. The molecule has 0 radical (unpaired) electrons. The molecule has 1 amide bonds. The Morgan fingerprint density at radius 1 is 1.22 bits per heavy atom. The highest BCUT2D eigenvalue weighted by Gasteiger charge is 2.20. The molecule has 1 saturated heterocycles. The van der Waals surface area contributed by atoms with E-state index in [1.807, 2.05) is 24.3 Å². The Bertz CT molecular complexity index is 520. The first-order chi connectivity index (χ1) is 11.1. The van der Waals surface area contributed by atoms with Gasteiger partial charge in [0.2, 0.25) is 5.91 Å². The van der Waals surface area contributed by atoms with E-state index in [0.29, 0.717) is 11.5 Å². The summed E-state index contributed by atoms with van der Waals surface area (Å²) in [6.45, 7) is 5.52. The first-order valence-electron chi connectivity index (χ1n) is 8.25. The van der Waals surface area contributed by atoms with E-state index in [1.54, 1.807) is 6.92 Å². The van der Waals surface area contributed by atoms with Gasteiger partial charge in [-0.15, -0.1) is 0 Å². The minimum absolute atomic E-state index is 0.0408. The number of nitrogens with one attached hydrogen (secondary N) is 1. The average molecular weight is 318 g/mol. The van der Waals surface area contributed by atoms with Crippen LogP contribution in [0.4, 0.5) is 0 Å². The van der Waals surface area contributed by atoms with Crippen molar-refractivity contribution in [3.05, 3.63) is 35.4 Å². The van der Waals surface area contributed by atoms with Gasteiger partial charge in [0.25, 0.3) is 0 Å². The monoisotopic (exact) mass is 318 g/mol. The molecule has 0 atom stereocenters. The summed E-state index contributed by atoms with van der Waals surface area (Å²) >= 11 is 0. The zero-order chi connectivity index (χ0) is 16.7. The number of amides is 1. The topological polar surface area (TPSA) is 58.6 Å². The Morgan fingerprint density at radius 2 is 1.87 bits per heavy atom. The maximum atomic E-state index is 11.5. The van der Waals surface area contributed by atoms with Gasteiger partial charge in [0, 0.05) is 13.5 Å². The number of carbonyl (C=O) groups is 2. The van der Waals surface area contributed by atoms with Crippen molar-refractivity contribution in [2.45, 2.75) is 32.1 Å². The number of esters is 1. The number of methoxy groups -OCH3 is 1. The number of rotatable bonds is 6. The molecule has 0 saturated carbocycles. The van der Waals surface area contributed by atoms with Gasteiger partial charge in [-0.25, -0.2) is 4.79 Å². The molecule has 1 aromatic rings. The lowest BCUT2D eigenvalue weighted by atomic mass is 9.89. The third-order valence-corrected chi connectivity index (χ3v) is 4.42. The highest BCUT2D eigenvalue weighted by Crippen LogP contribution is 2.28. The van der Waals surface area contributed by atoms with Gasteiger partial charge >= 0.3 is 5.97 Å². The molecule has 2 rings (SSSR count). The molecule has 1 N–H and O–H groups in total. The molecule has 0 aliphatic carbocycles. The van der Waals surface area contributed by atoms with Gasteiger partial charge in [0.1, 0.15) is 0 Å². The maximum absolute atomic E-state index is 11.5. The fourth-order valence-corrected chi connectivity index (χ4v) is 3.07. The molecule has 1 heterocycles. The highest BCUT2D eigenvalue weighted by atomic mass is 16.5. The third kappa shape index (κ3) is 5.36. The second kappa shape index (κ2) is 8.67. The number of hydrogen-bond acceptors (Lipinski definition) is 4. The normalized spacial score (nSPS) is 16.1. The Morgan fingerprint density at radius 3 is 2.43 bits per heavy atom. The van der Waals surface area contributed by atoms with Crippen LogP contribution in [0.15, 0.2) is 24.3 Å². The number of piperidine rings is 1. The average Bonchev–Trinajstić information content (AvgIpc) is 2.58. The lowest BCUT2D eigenvalue weighted by molar-refractivity contribution is -0.118. The van der Waals surface area contributed by atoms with Crippen molar-refractivity contribution in [1.82, 2.24) is 10.2 Å². The van der Waals surface area contributed by atoms with E-state index in [9.17, 15) is 9.59 Å². The summed E-state index contributed by atoms with van der Waals surface area (Å²) in [7, 11) is 1.40. The summed E-state index contributed by atoms with van der Waals surface area (Å²) in [5, 5.41) is 2.84. The van der Waals surface area contributed by atoms with Gasteiger partial charge in [-0.2, -0.15) is 0 Å². The van der Waals surface area contributed by atoms with E-state index in [2.05, 4.69) is 10.2 Å². The van der Waals surface area contributed by atoms with Crippen molar-refractivity contribution in [3.8, 4) is 0 Å². The SMILES string of the molecule is COC(=O)c1ccc(C2CCN(CCCNC(C)=O)CC2)cc1. The Kier molecular flexibility index (Phi) is 6.59. The lowest BCUT2D eigenvalue weighted by Crippen LogP contribution is -2.35.